The van der Waals surface area contributed by atoms with Crippen molar-refractivity contribution < 1.29 is 9.15 Å². The van der Waals surface area contributed by atoms with E-state index >= 15 is 0 Å². The van der Waals surface area contributed by atoms with Crippen molar-refractivity contribution in [3.63, 3.8) is 0 Å². The number of nitrogens with zero attached hydrogens (tertiary/aromatic N) is 3. The summed E-state index contributed by atoms with van der Waals surface area (Å²) in [6.45, 7) is 1.90. The van der Waals surface area contributed by atoms with Crippen LogP contribution in [0.2, 0.25) is 5.02 Å². The van der Waals surface area contributed by atoms with Gasteiger partial charge in [-0.1, -0.05) is 53.7 Å². The van der Waals surface area contributed by atoms with Gasteiger partial charge in [-0.25, -0.2) is 0 Å². The highest BCUT2D eigenvalue weighted by atomic mass is 35.5. The summed E-state index contributed by atoms with van der Waals surface area (Å²) < 4.78 is 12.0. The summed E-state index contributed by atoms with van der Waals surface area (Å²) in [5.74, 6) is 2.60. The fraction of sp³-hybridized carbons (Fsp3) is 0.136. The number of halogens is 1. The zero-order valence-electron chi connectivity index (χ0n) is 16.0. The molecule has 0 bridgehead atoms. The van der Waals surface area contributed by atoms with Gasteiger partial charge in [0.2, 0.25) is 17.3 Å². The van der Waals surface area contributed by atoms with Crippen LogP contribution in [0.5, 0.6) is 5.88 Å². The zero-order valence-corrected chi connectivity index (χ0v) is 17.6. The van der Waals surface area contributed by atoms with Crippen LogP contribution >= 0.6 is 23.4 Å². The Morgan fingerprint density at radius 2 is 1.87 bits per heavy atom. The maximum Gasteiger partial charge on any atom is 0.247 e. The first kappa shape index (κ1) is 19.0. The van der Waals surface area contributed by atoms with E-state index in [-0.39, 0.29) is 0 Å². The second-order valence-electron chi connectivity index (χ2n) is 6.80. The summed E-state index contributed by atoms with van der Waals surface area (Å²) in [4.78, 5) is 4.65. The number of hydrogen-bond acceptors (Lipinski definition) is 7. The van der Waals surface area contributed by atoms with Gasteiger partial charge < -0.3 is 14.5 Å². The number of thioether (sulfide) groups is 1. The number of rotatable bonds is 4. The maximum atomic E-state index is 6.20. The van der Waals surface area contributed by atoms with Crippen LogP contribution in [-0.4, -0.2) is 15.2 Å². The molecule has 0 spiro atoms. The van der Waals surface area contributed by atoms with Crippen LogP contribution in [0.1, 0.15) is 23.3 Å². The van der Waals surface area contributed by atoms with E-state index in [1.165, 1.54) is 11.8 Å². The topological polar surface area (TPSA) is 73.1 Å². The Morgan fingerprint density at radius 3 is 2.67 bits per heavy atom. The monoisotopic (exact) mass is 436 g/mol. The average Bonchev–Trinajstić information content (AvgIpc) is 3.12. The Balaban J connectivity index is 1.47. The molecule has 4 aromatic rings. The molecule has 1 N–H and O–H groups in total. The minimum atomic E-state index is -0.521. The predicted molar refractivity (Wildman–Crippen MR) is 117 cm³/mol. The SMILES string of the molecule is Cc1ccc([C@H]2Nc3ccccc3-c3nnc(SCc4ccc(Cl)cc4)nc3O2)o1. The molecule has 5 rings (SSSR count). The highest BCUT2D eigenvalue weighted by molar-refractivity contribution is 7.98. The van der Waals surface area contributed by atoms with Crippen molar-refractivity contribution in [3.8, 4) is 17.1 Å². The van der Waals surface area contributed by atoms with Crippen molar-refractivity contribution in [3.05, 3.63) is 82.8 Å². The van der Waals surface area contributed by atoms with Crippen LogP contribution in [0, 0.1) is 6.92 Å². The number of para-hydroxylation sites is 1. The van der Waals surface area contributed by atoms with Crippen molar-refractivity contribution >= 4 is 29.1 Å². The molecule has 0 unspecified atom stereocenters. The molecular weight excluding hydrogens is 420 g/mol. The number of aryl methyl sites for hydroxylation is 1. The molecule has 0 radical (unpaired) electrons. The molecule has 1 aliphatic rings. The molecule has 1 aliphatic heterocycles. The Hall–Kier alpha value is -3.03. The Bertz CT molecular complexity index is 1200. The third-order valence-corrected chi connectivity index (χ3v) is 5.80. The molecular formula is C22H17ClN4O2S. The molecule has 0 fully saturated rings. The van der Waals surface area contributed by atoms with Gasteiger partial charge in [0.05, 0.1) is 0 Å². The lowest BCUT2D eigenvalue weighted by atomic mass is 10.1. The normalized spacial score (nSPS) is 14.8. The molecule has 0 amide bonds. The van der Waals surface area contributed by atoms with Gasteiger partial charge in [0, 0.05) is 22.0 Å². The smallest absolute Gasteiger partial charge is 0.247 e. The van der Waals surface area contributed by atoms with E-state index in [4.69, 9.17) is 20.8 Å². The standard InChI is InChI=1S/C22H17ClN4O2S/c1-13-6-11-18(28-13)20-24-17-5-3-2-4-16(17)19-21(29-20)25-22(27-26-19)30-12-14-7-9-15(23)10-8-14/h2-11,20,24H,12H2,1H3/t20-/m0/s1. The van der Waals surface area contributed by atoms with Crippen molar-refractivity contribution in [2.75, 3.05) is 5.32 Å². The minimum Gasteiger partial charge on any atom is -0.460 e. The van der Waals surface area contributed by atoms with Gasteiger partial charge in [-0.15, -0.1) is 10.2 Å². The van der Waals surface area contributed by atoms with Crippen LogP contribution in [0.3, 0.4) is 0 Å². The lowest BCUT2D eigenvalue weighted by Crippen LogP contribution is -2.16. The van der Waals surface area contributed by atoms with E-state index < -0.39 is 6.23 Å². The van der Waals surface area contributed by atoms with Gasteiger partial charge in [-0.3, -0.25) is 0 Å². The number of nitrogens with one attached hydrogen (secondary N) is 1. The van der Waals surface area contributed by atoms with Gasteiger partial charge >= 0.3 is 0 Å². The van der Waals surface area contributed by atoms with E-state index in [1.54, 1.807) is 0 Å². The molecule has 1 atom stereocenters. The van der Waals surface area contributed by atoms with Gasteiger partial charge in [0.25, 0.3) is 0 Å². The van der Waals surface area contributed by atoms with Crippen LogP contribution in [0.4, 0.5) is 5.69 Å². The number of furan rings is 1. The first-order valence-corrected chi connectivity index (χ1v) is 10.7. The van der Waals surface area contributed by atoms with Crippen molar-refractivity contribution in [2.45, 2.75) is 24.1 Å². The van der Waals surface area contributed by atoms with E-state index in [1.807, 2.05) is 67.6 Å². The van der Waals surface area contributed by atoms with Crippen LogP contribution in [0.25, 0.3) is 11.3 Å². The first-order chi connectivity index (χ1) is 14.7. The lowest BCUT2D eigenvalue weighted by Gasteiger charge is -2.16. The Labute approximate surface area is 182 Å². The molecule has 2 aromatic carbocycles. The molecule has 0 saturated carbocycles. The van der Waals surface area contributed by atoms with Gasteiger partial charge in [-0.05, 0) is 42.8 Å². The summed E-state index contributed by atoms with van der Waals surface area (Å²) in [5.41, 5.74) is 3.49. The summed E-state index contributed by atoms with van der Waals surface area (Å²) in [6, 6.07) is 19.4. The Kier molecular flexibility index (Phi) is 5.06. The number of aromatic nitrogens is 3. The second kappa shape index (κ2) is 8.01. The minimum absolute atomic E-state index is 0.417. The molecule has 150 valence electrons. The predicted octanol–water partition coefficient (Wildman–Crippen LogP) is 5.89. The molecule has 0 saturated heterocycles. The molecule has 0 aliphatic carbocycles. The number of hydrogen-bond donors (Lipinski definition) is 1. The number of anilines is 1. The molecule has 2 aromatic heterocycles. The fourth-order valence-electron chi connectivity index (χ4n) is 3.16. The number of benzene rings is 2. The fourth-order valence-corrected chi connectivity index (χ4v) is 4.02. The van der Waals surface area contributed by atoms with E-state index in [0.717, 1.165) is 22.6 Å². The highest BCUT2D eigenvalue weighted by Crippen LogP contribution is 2.39. The number of ether oxygens (including phenoxy) is 1. The lowest BCUT2D eigenvalue weighted by molar-refractivity contribution is 0.194. The first-order valence-electron chi connectivity index (χ1n) is 9.36. The summed E-state index contributed by atoms with van der Waals surface area (Å²) >= 11 is 7.45. The van der Waals surface area contributed by atoms with Crippen LogP contribution in [-0.2, 0) is 5.75 Å². The van der Waals surface area contributed by atoms with Crippen LogP contribution < -0.4 is 10.1 Å². The van der Waals surface area contributed by atoms with Crippen LogP contribution in [0.15, 0.2) is 70.2 Å². The van der Waals surface area contributed by atoms with E-state index in [9.17, 15) is 0 Å². The summed E-state index contributed by atoms with van der Waals surface area (Å²) in [7, 11) is 0. The van der Waals surface area contributed by atoms with Crippen molar-refractivity contribution in [2.24, 2.45) is 0 Å². The van der Waals surface area contributed by atoms with Gasteiger partial charge in [0.15, 0.2) is 11.5 Å². The summed E-state index contributed by atoms with van der Waals surface area (Å²) in [6.07, 6.45) is -0.521. The van der Waals surface area contributed by atoms with Crippen molar-refractivity contribution in [1.29, 1.82) is 0 Å². The quantitative estimate of drug-likeness (QED) is 0.400. The van der Waals surface area contributed by atoms with Gasteiger partial charge in [0.1, 0.15) is 5.76 Å². The maximum absolute atomic E-state index is 6.20. The van der Waals surface area contributed by atoms with E-state index in [0.29, 0.717) is 33.3 Å². The zero-order chi connectivity index (χ0) is 20.5. The van der Waals surface area contributed by atoms with Crippen molar-refractivity contribution in [1.82, 2.24) is 15.2 Å². The second-order valence-corrected chi connectivity index (χ2v) is 8.18. The molecule has 8 heteroatoms. The van der Waals surface area contributed by atoms with Gasteiger partial charge in [-0.2, -0.15) is 4.98 Å². The Morgan fingerprint density at radius 1 is 1.03 bits per heavy atom. The molecule has 30 heavy (non-hydrogen) atoms. The molecule has 3 heterocycles. The average molecular weight is 437 g/mol. The summed E-state index contributed by atoms with van der Waals surface area (Å²) in [5, 5.41) is 13.4. The third kappa shape index (κ3) is 3.86. The number of fused-ring (bicyclic) bond motifs is 3. The largest absolute Gasteiger partial charge is 0.460 e. The third-order valence-electron chi connectivity index (χ3n) is 4.63. The molecule has 6 nitrogen and oxygen atoms in total. The highest BCUT2D eigenvalue weighted by Gasteiger charge is 2.27. The van der Waals surface area contributed by atoms with E-state index in [2.05, 4.69) is 20.5 Å².